The number of carbonyl (C=O) groups excluding carboxylic acids is 1. The Morgan fingerprint density at radius 3 is 2.75 bits per heavy atom. The van der Waals surface area contributed by atoms with E-state index in [1.54, 1.807) is 19.1 Å². The van der Waals surface area contributed by atoms with Gasteiger partial charge in [-0.2, -0.15) is 18.2 Å². The lowest BCUT2D eigenvalue weighted by Gasteiger charge is -2.12. The van der Waals surface area contributed by atoms with Gasteiger partial charge in [0.05, 0.1) is 0 Å². The molecule has 0 saturated carbocycles. The van der Waals surface area contributed by atoms with Crippen LogP contribution in [0.5, 0.6) is 0 Å². The molecule has 0 bridgehead atoms. The van der Waals surface area contributed by atoms with Crippen molar-refractivity contribution in [2.75, 3.05) is 11.9 Å². The van der Waals surface area contributed by atoms with E-state index in [2.05, 4.69) is 20.0 Å². The van der Waals surface area contributed by atoms with Crippen LogP contribution >= 0.6 is 0 Å². The van der Waals surface area contributed by atoms with Crippen LogP contribution in [-0.2, 0) is 15.7 Å². The number of rotatable bonds is 3. The van der Waals surface area contributed by atoms with Crippen LogP contribution in [0.2, 0.25) is 0 Å². The quantitative estimate of drug-likeness (QED) is 0.928. The fourth-order valence-corrected chi connectivity index (χ4v) is 2.40. The fourth-order valence-electron chi connectivity index (χ4n) is 2.40. The van der Waals surface area contributed by atoms with Crippen LogP contribution < -0.4 is 5.32 Å². The van der Waals surface area contributed by atoms with Gasteiger partial charge in [0.15, 0.2) is 0 Å². The average molecular weight is 341 g/mol. The van der Waals surface area contributed by atoms with Gasteiger partial charge < -0.3 is 14.6 Å². The molecule has 1 amide bonds. The molecule has 9 heteroatoms. The Kier molecular flexibility index (Phi) is 4.27. The van der Waals surface area contributed by atoms with E-state index < -0.39 is 18.2 Å². The molecule has 0 aliphatic carbocycles. The van der Waals surface area contributed by atoms with Crippen LogP contribution in [0.1, 0.15) is 24.3 Å². The van der Waals surface area contributed by atoms with E-state index in [4.69, 9.17) is 4.74 Å². The van der Waals surface area contributed by atoms with Crippen LogP contribution in [0.25, 0.3) is 11.4 Å². The summed E-state index contributed by atoms with van der Waals surface area (Å²) in [6.07, 6.45) is -3.63. The Hall–Kier alpha value is -2.42. The average Bonchev–Trinajstić information content (AvgIpc) is 3.20. The van der Waals surface area contributed by atoms with Crippen molar-refractivity contribution in [1.29, 1.82) is 0 Å². The molecule has 0 radical (unpaired) electrons. The minimum atomic E-state index is -4.69. The van der Waals surface area contributed by atoms with E-state index >= 15 is 0 Å². The first-order valence-electron chi connectivity index (χ1n) is 7.29. The number of anilines is 1. The highest BCUT2D eigenvalue weighted by molar-refractivity contribution is 5.95. The number of amides is 1. The first kappa shape index (κ1) is 16.4. The van der Waals surface area contributed by atoms with Gasteiger partial charge in [-0.1, -0.05) is 5.16 Å². The highest BCUT2D eigenvalue weighted by Gasteiger charge is 2.38. The van der Waals surface area contributed by atoms with Crippen LogP contribution in [0.4, 0.5) is 18.9 Å². The van der Waals surface area contributed by atoms with Crippen molar-refractivity contribution in [3.63, 3.8) is 0 Å². The van der Waals surface area contributed by atoms with Crippen LogP contribution in [0.3, 0.4) is 0 Å². The van der Waals surface area contributed by atoms with E-state index in [9.17, 15) is 18.0 Å². The lowest BCUT2D eigenvalue weighted by Crippen LogP contribution is -2.27. The summed E-state index contributed by atoms with van der Waals surface area (Å²) in [4.78, 5) is 15.4. The third-order valence-electron chi connectivity index (χ3n) is 3.63. The molecule has 1 aromatic heterocycles. The molecular weight excluding hydrogens is 327 g/mol. The maximum Gasteiger partial charge on any atom is 0.471 e. The fraction of sp³-hybridized carbons (Fsp3) is 0.400. The summed E-state index contributed by atoms with van der Waals surface area (Å²) in [6, 6.07) is 4.68. The predicted octanol–water partition coefficient (Wildman–Crippen LogP) is 3.18. The Bertz CT molecular complexity index is 752. The molecular formula is C15H14F3N3O3. The van der Waals surface area contributed by atoms with Crippen molar-refractivity contribution < 1.29 is 27.2 Å². The number of hydrogen-bond acceptors (Lipinski definition) is 5. The van der Waals surface area contributed by atoms with E-state index in [0.717, 1.165) is 6.42 Å². The summed E-state index contributed by atoms with van der Waals surface area (Å²) in [6.45, 7) is 2.29. The number of halogens is 3. The maximum atomic E-state index is 12.5. The zero-order valence-electron chi connectivity index (χ0n) is 12.7. The van der Waals surface area contributed by atoms with Crippen LogP contribution in [0.15, 0.2) is 22.7 Å². The zero-order valence-corrected chi connectivity index (χ0v) is 12.7. The largest absolute Gasteiger partial charge is 0.471 e. The number of nitrogens with zero attached hydrogens (tertiary/aromatic N) is 2. The number of aromatic nitrogens is 2. The lowest BCUT2D eigenvalue weighted by atomic mass is 10.1. The first-order chi connectivity index (χ1) is 11.3. The van der Waals surface area contributed by atoms with Crippen molar-refractivity contribution in [3.05, 3.63) is 29.7 Å². The van der Waals surface area contributed by atoms with E-state index in [0.29, 0.717) is 29.8 Å². The monoisotopic (exact) mass is 341 g/mol. The topological polar surface area (TPSA) is 77.3 Å². The second kappa shape index (κ2) is 6.23. The molecule has 1 atom stereocenters. The van der Waals surface area contributed by atoms with Gasteiger partial charge in [-0.25, -0.2) is 0 Å². The molecule has 1 N–H and O–H groups in total. The Labute approximate surface area is 135 Å². The van der Waals surface area contributed by atoms with Crippen LogP contribution in [-0.4, -0.2) is 28.8 Å². The van der Waals surface area contributed by atoms with Gasteiger partial charge >= 0.3 is 12.1 Å². The van der Waals surface area contributed by atoms with Gasteiger partial charge in [0.1, 0.15) is 6.10 Å². The van der Waals surface area contributed by atoms with Crippen molar-refractivity contribution in [2.45, 2.75) is 32.0 Å². The molecule has 1 unspecified atom stereocenters. The Morgan fingerprint density at radius 1 is 1.38 bits per heavy atom. The number of benzene rings is 1. The summed E-state index contributed by atoms with van der Waals surface area (Å²) in [5.74, 6) is -1.80. The standard InChI is InChI=1S/C15H14F3N3O3/c1-8-7-9(12-20-14(24-21-12)15(16,17)18)4-5-10(8)19-13(22)11-3-2-6-23-11/h4-5,7,11H,2-3,6H2,1H3,(H,19,22). The molecule has 1 aliphatic heterocycles. The molecule has 2 heterocycles. The van der Waals surface area contributed by atoms with Gasteiger partial charge in [0.25, 0.3) is 5.91 Å². The number of hydrogen-bond donors (Lipinski definition) is 1. The number of ether oxygens (including phenoxy) is 1. The Balaban J connectivity index is 1.77. The van der Waals surface area contributed by atoms with E-state index in [1.165, 1.54) is 6.07 Å². The van der Waals surface area contributed by atoms with Crippen molar-refractivity contribution in [1.82, 2.24) is 10.1 Å². The predicted molar refractivity (Wildman–Crippen MR) is 77.1 cm³/mol. The summed E-state index contributed by atoms with van der Waals surface area (Å²) in [5.41, 5.74) is 1.58. The number of carbonyl (C=O) groups is 1. The molecule has 1 aliphatic rings. The summed E-state index contributed by atoms with van der Waals surface area (Å²) < 4.78 is 47.0. The summed E-state index contributed by atoms with van der Waals surface area (Å²) >= 11 is 0. The van der Waals surface area contributed by atoms with Crippen LogP contribution in [0, 0.1) is 6.92 Å². The van der Waals surface area contributed by atoms with E-state index in [1.807, 2.05) is 0 Å². The molecule has 0 spiro atoms. The number of aryl methyl sites for hydroxylation is 1. The molecule has 128 valence electrons. The number of nitrogens with one attached hydrogen (secondary N) is 1. The SMILES string of the molecule is Cc1cc(-c2noc(C(F)(F)F)n2)ccc1NC(=O)C1CCCO1. The molecule has 24 heavy (non-hydrogen) atoms. The maximum absolute atomic E-state index is 12.5. The smallest absolute Gasteiger partial charge is 0.368 e. The van der Waals surface area contributed by atoms with Crippen molar-refractivity contribution in [2.24, 2.45) is 0 Å². The van der Waals surface area contributed by atoms with Gasteiger partial charge in [-0.3, -0.25) is 4.79 Å². The number of alkyl halides is 3. The minimum absolute atomic E-state index is 0.164. The Morgan fingerprint density at radius 2 is 2.17 bits per heavy atom. The minimum Gasteiger partial charge on any atom is -0.368 e. The highest BCUT2D eigenvalue weighted by atomic mass is 19.4. The normalized spacial score (nSPS) is 17.9. The van der Waals surface area contributed by atoms with Crippen molar-refractivity contribution >= 4 is 11.6 Å². The molecule has 1 aromatic carbocycles. The summed E-state index contributed by atoms with van der Waals surface area (Å²) in [5, 5.41) is 6.09. The highest BCUT2D eigenvalue weighted by Crippen LogP contribution is 2.30. The third-order valence-corrected chi connectivity index (χ3v) is 3.63. The molecule has 2 aromatic rings. The van der Waals surface area contributed by atoms with Crippen molar-refractivity contribution in [3.8, 4) is 11.4 Å². The third kappa shape index (κ3) is 3.40. The molecule has 1 saturated heterocycles. The van der Waals surface area contributed by atoms with E-state index in [-0.39, 0.29) is 11.7 Å². The second-order valence-electron chi connectivity index (χ2n) is 5.44. The summed E-state index contributed by atoms with van der Waals surface area (Å²) in [7, 11) is 0. The first-order valence-corrected chi connectivity index (χ1v) is 7.29. The van der Waals surface area contributed by atoms with Gasteiger partial charge in [-0.15, -0.1) is 0 Å². The second-order valence-corrected chi connectivity index (χ2v) is 5.44. The van der Waals surface area contributed by atoms with Gasteiger partial charge in [0.2, 0.25) is 5.82 Å². The zero-order chi connectivity index (χ0) is 17.3. The molecule has 1 fully saturated rings. The lowest BCUT2D eigenvalue weighted by molar-refractivity contribution is -0.159. The molecule has 3 rings (SSSR count). The molecule has 6 nitrogen and oxygen atoms in total. The van der Waals surface area contributed by atoms with Gasteiger partial charge in [-0.05, 0) is 43.5 Å². The van der Waals surface area contributed by atoms with Gasteiger partial charge in [0, 0.05) is 17.9 Å².